The molecule has 1 heterocycles. The van der Waals surface area contributed by atoms with Gasteiger partial charge in [0.15, 0.2) is 0 Å². The Morgan fingerprint density at radius 3 is 2.30 bits per heavy atom. The fraction of sp³-hybridized carbons (Fsp3) is 0.435. The molecule has 1 atom stereocenters. The number of rotatable bonds is 7. The van der Waals surface area contributed by atoms with E-state index in [2.05, 4.69) is 48.0 Å². The highest BCUT2D eigenvalue weighted by molar-refractivity contribution is 6.04. The molecule has 27 heavy (non-hydrogen) atoms. The predicted octanol–water partition coefficient (Wildman–Crippen LogP) is 4.63. The molecule has 1 N–H and O–H groups in total. The number of benzene rings is 2. The third-order valence-corrected chi connectivity index (χ3v) is 5.43. The van der Waals surface area contributed by atoms with Crippen LogP contribution in [0.1, 0.15) is 43.1 Å². The van der Waals surface area contributed by atoms with E-state index in [0.29, 0.717) is 5.56 Å². The molecule has 0 saturated carbocycles. The summed E-state index contributed by atoms with van der Waals surface area (Å²) in [6.07, 6.45) is 1.25. The van der Waals surface area contributed by atoms with E-state index < -0.39 is 0 Å². The van der Waals surface area contributed by atoms with Gasteiger partial charge in [-0.3, -0.25) is 9.69 Å². The summed E-state index contributed by atoms with van der Waals surface area (Å²) in [6, 6.07) is 16.1. The van der Waals surface area contributed by atoms with Crippen molar-refractivity contribution in [3.05, 3.63) is 59.7 Å². The van der Waals surface area contributed by atoms with Gasteiger partial charge in [-0.05, 0) is 67.4 Å². The Kier molecular flexibility index (Phi) is 6.51. The Labute approximate surface area is 163 Å². The van der Waals surface area contributed by atoms with Crippen LogP contribution in [-0.2, 0) is 6.54 Å². The van der Waals surface area contributed by atoms with E-state index in [-0.39, 0.29) is 5.91 Å². The van der Waals surface area contributed by atoms with E-state index in [1.807, 2.05) is 36.4 Å². The zero-order chi connectivity index (χ0) is 19.2. The maximum Gasteiger partial charge on any atom is 0.255 e. The average Bonchev–Trinajstić information content (AvgIpc) is 3.13. The first-order chi connectivity index (χ1) is 13.1. The lowest BCUT2D eigenvalue weighted by Gasteiger charge is -2.18. The van der Waals surface area contributed by atoms with Crippen molar-refractivity contribution < 1.29 is 4.79 Å². The van der Waals surface area contributed by atoms with E-state index in [4.69, 9.17) is 0 Å². The number of hydrogen-bond acceptors (Lipinski definition) is 3. The second-order valence-electron chi connectivity index (χ2n) is 7.50. The molecule has 1 aliphatic heterocycles. The molecule has 1 unspecified atom stereocenters. The van der Waals surface area contributed by atoms with E-state index in [1.54, 1.807) is 0 Å². The molecular formula is C23H31N3O. The van der Waals surface area contributed by atoms with Crippen molar-refractivity contribution in [3.8, 4) is 0 Å². The summed E-state index contributed by atoms with van der Waals surface area (Å²) >= 11 is 0. The van der Waals surface area contributed by atoms with Gasteiger partial charge in [0, 0.05) is 36.6 Å². The fourth-order valence-electron chi connectivity index (χ4n) is 3.60. The maximum atomic E-state index is 12.5. The number of hydrogen-bond donors (Lipinski definition) is 1. The molecule has 2 aromatic carbocycles. The summed E-state index contributed by atoms with van der Waals surface area (Å²) < 4.78 is 0. The van der Waals surface area contributed by atoms with E-state index in [0.717, 1.165) is 44.3 Å². The first kappa shape index (κ1) is 19.4. The standard InChI is InChI=1S/C23H31N3O/c1-4-25(5-2)17-19-6-8-20(9-7-19)23(27)24-21-10-12-22(13-11-21)26-15-14-18(3)16-26/h6-13,18H,4-5,14-17H2,1-3H3,(H,24,27). The molecule has 0 bridgehead atoms. The summed E-state index contributed by atoms with van der Waals surface area (Å²) in [7, 11) is 0. The third-order valence-electron chi connectivity index (χ3n) is 5.43. The largest absolute Gasteiger partial charge is 0.371 e. The van der Waals surface area contributed by atoms with Crippen molar-refractivity contribution in [2.45, 2.75) is 33.7 Å². The number of nitrogens with zero attached hydrogens (tertiary/aromatic N) is 2. The highest BCUT2D eigenvalue weighted by Gasteiger charge is 2.18. The van der Waals surface area contributed by atoms with Crippen LogP contribution in [0.2, 0.25) is 0 Å². The van der Waals surface area contributed by atoms with Gasteiger partial charge in [0.1, 0.15) is 0 Å². The molecule has 1 aliphatic rings. The van der Waals surface area contributed by atoms with Gasteiger partial charge < -0.3 is 10.2 Å². The van der Waals surface area contributed by atoms with Gasteiger partial charge in [-0.25, -0.2) is 0 Å². The first-order valence-corrected chi connectivity index (χ1v) is 10.1. The molecule has 2 aromatic rings. The van der Waals surface area contributed by atoms with Crippen LogP contribution in [-0.4, -0.2) is 37.0 Å². The number of anilines is 2. The highest BCUT2D eigenvalue weighted by atomic mass is 16.1. The number of nitrogens with one attached hydrogen (secondary N) is 1. The molecule has 0 aliphatic carbocycles. The molecule has 1 fully saturated rings. The Morgan fingerprint density at radius 1 is 1.07 bits per heavy atom. The van der Waals surface area contributed by atoms with Crippen molar-refractivity contribution in [1.82, 2.24) is 4.90 Å². The van der Waals surface area contributed by atoms with Crippen molar-refractivity contribution in [2.75, 3.05) is 36.4 Å². The van der Waals surface area contributed by atoms with E-state index in [9.17, 15) is 4.79 Å². The van der Waals surface area contributed by atoms with Crippen LogP contribution in [0.3, 0.4) is 0 Å². The molecule has 3 rings (SSSR count). The van der Waals surface area contributed by atoms with Crippen LogP contribution < -0.4 is 10.2 Å². The fourth-order valence-corrected chi connectivity index (χ4v) is 3.60. The lowest BCUT2D eigenvalue weighted by molar-refractivity contribution is 0.102. The Hall–Kier alpha value is -2.33. The second kappa shape index (κ2) is 9.05. The van der Waals surface area contributed by atoms with Crippen LogP contribution in [0.5, 0.6) is 0 Å². The molecular weight excluding hydrogens is 334 g/mol. The zero-order valence-corrected chi connectivity index (χ0v) is 16.7. The van der Waals surface area contributed by atoms with Crippen LogP contribution in [0.4, 0.5) is 11.4 Å². The summed E-state index contributed by atoms with van der Waals surface area (Å²) in [5.41, 5.74) is 4.00. The minimum Gasteiger partial charge on any atom is -0.371 e. The van der Waals surface area contributed by atoms with Crippen molar-refractivity contribution >= 4 is 17.3 Å². The van der Waals surface area contributed by atoms with Gasteiger partial charge in [-0.15, -0.1) is 0 Å². The summed E-state index contributed by atoms with van der Waals surface area (Å²) in [5, 5.41) is 3.00. The molecule has 0 aromatic heterocycles. The topological polar surface area (TPSA) is 35.6 Å². The van der Waals surface area contributed by atoms with Crippen LogP contribution in [0.15, 0.2) is 48.5 Å². The van der Waals surface area contributed by atoms with Crippen molar-refractivity contribution in [3.63, 3.8) is 0 Å². The monoisotopic (exact) mass is 365 g/mol. The number of carbonyl (C=O) groups excluding carboxylic acids is 1. The van der Waals surface area contributed by atoms with Gasteiger partial charge in [-0.2, -0.15) is 0 Å². The van der Waals surface area contributed by atoms with Gasteiger partial charge in [0.25, 0.3) is 5.91 Å². The van der Waals surface area contributed by atoms with Gasteiger partial charge in [0.05, 0.1) is 0 Å². The van der Waals surface area contributed by atoms with Crippen LogP contribution in [0.25, 0.3) is 0 Å². The average molecular weight is 366 g/mol. The van der Waals surface area contributed by atoms with Gasteiger partial charge in [0.2, 0.25) is 0 Å². The van der Waals surface area contributed by atoms with Crippen LogP contribution in [0, 0.1) is 5.92 Å². The Morgan fingerprint density at radius 2 is 1.74 bits per heavy atom. The molecule has 1 amide bonds. The molecule has 4 nitrogen and oxygen atoms in total. The molecule has 1 saturated heterocycles. The SMILES string of the molecule is CCN(CC)Cc1ccc(C(=O)Nc2ccc(N3CCC(C)C3)cc2)cc1. The number of amides is 1. The third kappa shape index (κ3) is 5.10. The molecule has 144 valence electrons. The van der Waals surface area contributed by atoms with E-state index in [1.165, 1.54) is 17.7 Å². The second-order valence-corrected chi connectivity index (χ2v) is 7.50. The van der Waals surface area contributed by atoms with Crippen molar-refractivity contribution in [1.29, 1.82) is 0 Å². The maximum absolute atomic E-state index is 12.5. The smallest absolute Gasteiger partial charge is 0.255 e. The predicted molar refractivity (Wildman–Crippen MR) is 113 cm³/mol. The minimum absolute atomic E-state index is 0.0630. The number of carbonyl (C=O) groups is 1. The van der Waals surface area contributed by atoms with E-state index >= 15 is 0 Å². The lowest BCUT2D eigenvalue weighted by atomic mass is 10.1. The summed E-state index contributed by atoms with van der Waals surface area (Å²) in [5.74, 6) is 0.695. The van der Waals surface area contributed by atoms with Gasteiger partial charge >= 0.3 is 0 Å². The Bertz CT molecular complexity index is 735. The molecule has 4 heteroatoms. The van der Waals surface area contributed by atoms with Crippen molar-refractivity contribution in [2.24, 2.45) is 5.92 Å². The summed E-state index contributed by atoms with van der Waals surface area (Å²) in [6.45, 7) is 11.9. The van der Waals surface area contributed by atoms with Gasteiger partial charge in [-0.1, -0.05) is 32.9 Å². The Balaban J connectivity index is 1.58. The highest BCUT2D eigenvalue weighted by Crippen LogP contribution is 2.25. The zero-order valence-electron chi connectivity index (χ0n) is 16.7. The van der Waals surface area contributed by atoms with Crippen LogP contribution >= 0.6 is 0 Å². The quantitative estimate of drug-likeness (QED) is 0.777. The lowest BCUT2D eigenvalue weighted by Crippen LogP contribution is -2.22. The summed E-state index contributed by atoms with van der Waals surface area (Å²) in [4.78, 5) is 17.3. The molecule has 0 radical (unpaired) electrons. The normalized spacial score (nSPS) is 16.7. The first-order valence-electron chi connectivity index (χ1n) is 10.1. The molecule has 0 spiro atoms. The minimum atomic E-state index is -0.0630.